The Bertz CT molecular complexity index is 564. The molecule has 3 atom stereocenters. The van der Waals surface area contributed by atoms with E-state index in [1.54, 1.807) is 6.26 Å². The second-order valence-corrected chi connectivity index (χ2v) is 8.08. The average molecular weight is 320 g/mol. The van der Waals surface area contributed by atoms with Gasteiger partial charge < -0.3 is 10.6 Å². The van der Waals surface area contributed by atoms with Gasteiger partial charge in [-0.15, -0.1) is 0 Å². The predicted octanol–water partition coefficient (Wildman–Crippen LogP) is 2.42. The van der Waals surface area contributed by atoms with Crippen LogP contribution in [0.2, 0.25) is 0 Å². The topological polar surface area (TPSA) is 58.2 Å². The van der Waals surface area contributed by atoms with Crippen molar-refractivity contribution in [1.82, 2.24) is 5.32 Å². The molecule has 2 N–H and O–H groups in total. The van der Waals surface area contributed by atoms with E-state index in [2.05, 4.69) is 10.6 Å². The van der Waals surface area contributed by atoms with E-state index in [1.807, 2.05) is 24.3 Å². The third-order valence-corrected chi connectivity index (χ3v) is 5.37. The zero-order valence-electron chi connectivity index (χ0n) is 13.0. The molecule has 1 aromatic carbocycles. The molecule has 0 saturated carbocycles. The van der Waals surface area contributed by atoms with E-state index >= 15 is 0 Å². The Morgan fingerprint density at radius 2 is 2.05 bits per heavy atom. The molecule has 0 radical (unpaired) electrons. The highest BCUT2D eigenvalue weighted by Gasteiger charge is 2.34. The van der Waals surface area contributed by atoms with E-state index in [4.69, 9.17) is 0 Å². The fourth-order valence-corrected chi connectivity index (χ4v) is 4.44. The molecule has 1 amide bonds. The van der Waals surface area contributed by atoms with Crippen LogP contribution in [-0.4, -0.2) is 28.5 Å². The Morgan fingerprint density at radius 3 is 2.73 bits per heavy atom. The standard InChI is InChI=1S/C17H24N2O2S/c1-22(21)11-12-3-2-4-14(7-12)19-17(20)10-13-8-15-5-6-16(9-13)18-15/h2-4,7,13,15-16,18H,5-6,8-11H2,1H3,(H,19,20). The molecule has 0 aliphatic carbocycles. The summed E-state index contributed by atoms with van der Waals surface area (Å²) in [5.74, 6) is 1.13. The molecule has 22 heavy (non-hydrogen) atoms. The quantitative estimate of drug-likeness (QED) is 0.876. The Balaban J connectivity index is 1.54. The first-order valence-corrected chi connectivity index (χ1v) is 9.76. The smallest absolute Gasteiger partial charge is 0.224 e. The van der Waals surface area contributed by atoms with Crippen LogP contribution in [0.3, 0.4) is 0 Å². The molecule has 120 valence electrons. The zero-order valence-corrected chi connectivity index (χ0v) is 13.8. The van der Waals surface area contributed by atoms with Gasteiger partial charge in [0.05, 0.1) is 0 Å². The molecule has 0 aromatic heterocycles. The summed E-state index contributed by atoms with van der Waals surface area (Å²) in [5, 5.41) is 6.60. The van der Waals surface area contributed by atoms with Gasteiger partial charge in [-0.3, -0.25) is 9.00 Å². The molecular weight excluding hydrogens is 296 g/mol. The number of anilines is 1. The molecule has 0 spiro atoms. The molecular formula is C17H24N2O2S. The molecule has 3 unspecified atom stereocenters. The van der Waals surface area contributed by atoms with Crippen LogP contribution < -0.4 is 10.6 Å². The summed E-state index contributed by atoms with van der Waals surface area (Å²) >= 11 is 0. The minimum absolute atomic E-state index is 0.0982. The second kappa shape index (κ2) is 6.92. The van der Waals surface area contributed by atoms with Gasteiger partial charge in [-0.25, -0.2) is 0 Å². The van der Waals surface area contributed by atoms with Crippen molar-refractivity contribution in [3.8, 4) is 0 Å². The fraction of sp³-hybridized carbons (Fsp3) is 0.588. The third-order valence-electron chi connectivity index (χ3n) is 4.63. The number of carbonyl (C=O) groups excluding carboxylic acids is 1. The number of piperidine rings is 1. The first-order valence-electron chi connectivity index (χ1n) is 8.03. The van der Waals surface area contributed by atoms with E-state index in [0.29, 0.717) is 30.2 Å². The number of nitrogens with one attached hydrogen (secondary N) is 2. The van der Waals surface area contributed by atoms with Crippen molar-refractivity contribution in [2.75, 3.05) is 11.6 Å². The van der Waals surface area contributed by atoms with Crippen molar-refractivity contribution in [1.29, 1.82) is 0 Å². The van der Waals surface area contributed by atoms with Crippen LogP contribution in [0, 0.1) is 5.92 Å². The average Bonchev–Trinajstić information content (AvgIpc) is 2.77. The Labute approximate surface area is 134 Å². The minimum atomic E-state index is -0.864. The molecule has 5 heteroatoms. The van der Waals surface area contributed by atoms with Crippen LogP contribution in [0.4, 0.5) is 5.69 Å². The highest BCUT2D eigenvalue weighted by atomic mass is 32.2. The third kappa shape index (κ3) is 4.17. The second-order valence-electron chi connectivity index (χ2n) is 6.65. The van der Waals surface area contributed by atoms with Gasteiger partial charge in [-0.05, 0) is 49.3 Å². The van der Waals surface area contributed by atoms with E-state index in [-0.39, 0.29) is 5.91 Å². The largest absolute Gasteiger partial charge is 0.326 e. The van der Waals surface area contributed by atoms with Gasteiger partial charge in [0.1, 0.15) is 0 Å². The van der Waals surface area contributed by atoms with Crippen LogP contribution in [0.5, 0.6) is 0 Å². The van der Waals surface area contributed by atoms with Gasteiger partial charge in [0.2, 0.25) is 5.91 Å². The van der Waals surface area contributed by atoms with Gasteiger partial charge in [0.15, 0.2) is 0 Å². The number of carbonyl (C=O) groups is 1. The number of fused-ring (bicyclic) bond motifs is 2. The van der Waals surface area contributed by atoms with Crippen LogP contribution >= 0.6 is 0 Å². The van der Waals surface area contributed by atoms with E-state index in [0.717, 1.165) is 24.1 Å². The fourth-order valence-electron chi connectivity index (χ4n) is 3.79. The predicted molar refractivity (Wildman–Crippen MR) is 90.1 cm³/mol. The molecule has 2 aliphatic rings. The zero-order chi connectivity index (χ0) is 15.5. The monoisotopic (exact) mass is 320 g/mol. The summed E-state index contributed by atoms with van der Waals surface area (Å²) in [4.78, 5) is 12.3. The van der Waals surface area contributed by atoms with E-state index in [1.165, 1.54) is 12.8 Å². The van der Waals surface area contributed by atoms with Crippen molar-refractivity contribution < 1.29 is 9.00 Å². The summed E-state index contributed by atoms with van der Waals surface area (Å²) in [5.41, 5.74) is 1.81. The van der Waals surface area contributed by atoms with Crippen molar-refractivity contribution in [2.24, 2.45) is 5.92 Å². The summed E-state index contributed by atoms with van der Waals surface area (Å²) in [6, 6.07) is 8.92. The van der Waals surface area contributed by atoms with Crippen LogP contribution in [-0.2, 0) is 21.3 Å². The lowest BCUT2D eigenvalue weighted by molar-refractivity contribution is -0.117. The lowest BCUT2D eigenvalue weighted by Crippen LogP contribution is -2.39. The Hall–Kier alpha value is -1.20. The van der Waals surface area contributed by atoms with Crippen molar-refractivity contribution in [3.05, 3.63) is 29.8 Å². The maximum absolute atomic E-state index is 12.3. The van der Waals surface area contributed by atoms with Gasteiger partial charge in [0.25, 0.3) is 0 Å². The molecule has 2 saturated heterocycles. The summed E-state index contributed by atoms with van der Waals surface area (Å²) in [6.45, 7) is 0. The summed E-state index contributed by atoms with van der Waals surface area (Å²) in [6.07, 6.45) is 7.07. The Kier molecular flexibility index (Phi) is 4.93. The normalized spacial score (nSPS) is 28.3. The number of rotatable bonds is 5. The lowest BCUT2D eigenvalue weighted by atomic mass is 9.89. The minimum Gasteiger partial charge on any atom is -0.326 e. The van der Waals surface area contributed by atoms with Crippen molar-refractivity contribution in [3.63, 3.8) is 0 Å². The van der Waals surface area contributed by atoms with Crippen molar-refractivity contribution in [2.45, 2.75) is 49.9 Å². The van der Waals surface area contributed by atoms with Gasteiger partial charge in [0, 0.05) is 47.0 Å². The summed E-state index contributed by atoms with van der Waals surface area (Å²) < 4.78 is 11.3. The molecule has 2 bridgehead atoms. The SMILES string of the molecule is CS(=O)Cc1cccc(NC(=O)CC2CC3CCC(C2)N3)c1. The maximum atomic E-state index is 12.3. The highest BCUT2D eigenvalue weighted by Crippen LogP contribution is 2.32. The highest BCUT2D eigenvalue weighted by molar-refractivity contribution is 7.83. The molecule has 2 fully saturated rings. The van der Waals surface area contributed by atoms with E-state index < -0.39 is 10.8 Å². The first kappa shape index (κ1) is 15.7. The van der Waals surface area contributed by atoms with Gasteiger partial charge in [-0.1, -0.05) is 12.1 Å². The maximum Gasteiger partial charge on any atom is 0.224 e. The van der Waals surface area contributed by atoms with Gasteiger partial charge in [-0.2, -0.15) is 0 Å². The van der Waals surface area contributed by atoms with Crippen LogP contribution in [0.1, 0.15) is 37.7 Å². The van der Waals surface area contributed by atoms with Crippen LogP contribution in [0.15, 0.2) is 24.3 Å². The molecule has 1 aromatic rings. The lowest BCUT2D eigenvalue weighted by Gasteiger charge is -2.28. The first-order chi connectivity index (χ1) is 10.6. The molecule has 2 heterocycles. The molecule has 3 rings (SSSR count). The van der Waals surface area contributed by atoms with Crippen molar-refractivity contribution >= 4 is 22.4 Å². The summed E-state index contributed by atoms with van der Waals surface area (Å²) in [7, 11) is -0.864. The van der Waals surface area contributed by atoms with E-state index in [9.17, 15) is 9.00 Å². The number of hydrogen-bond acceptors (Lipinski definition) is 3. The molecule has 2 aliphatic heterocycles. The molecule has 4 nitrogen and oxygen atoms in total. The number of hydrogen-bond donors (Lipinski definition) is 2. The number of amides is 1. The Morgan fingerprint density at radius 1 is 1.32 bits per heavy atom. The van der Waals surface area contributed by atoms with Gasteiger partial charge >= 0.3 is 0 Å². The number of benzene rings is 1. The van der Waals surface area contributed by atoms with Crippen LogP contribution in [0.25, 0.3) is 0 Å².